The Morgan fingerprint density at radius 1 is 1.46 bits per heavy atom. The summed E-state index contributed by atoms with van der Waals surface area (Å²) in [6.45, 7) is 7.49. The molecule has 3 nitrogen and oxygen atoms in total. The molecule has 1 aromatic rings. The lowest BCUT2D eigenvalue weighted by atomic mass is 10.0. The molecule has 1 rings (SSSR count). The highest BCUT2D eigenvalue weighted by Gasteiger charge is 2.10. The van der Waals surface area contributed by atoms with Gasteiger partial charge >= 0.3 is 0 Å². The van der Waals surface area contributed by atoms with Crippen molar-refractivity contribution in [1.29, 1.82) is 0 Å². The van der Waals surface area contributed by atoms with E-state index in [0.717, 1.165) is 13.0 Å². The molecule has 0 saturated carbocycles. The minimum absolute atomic E-state index is 0.514. The minimum Gasteiger partial charge on any atom is -0.319 e. The monoisotopic (exact) mass is 181 g/mol. The van der Waals surface area contributed by atoms with E-state index in [1.165, 1.54) is 17.0 Å². The Morgan fingerprint density at radius 2 is 2.15 bits per heavy atom. The van der Waals surface area contributed by atoms with Gasteiger partial charge in [0, 0.05) is 18.7 Å². The number of aromatic nitrogens is 2. The Labute approximate surface area is 79.9 Å². The molecule has 0 aliphatic heterocycles. The van der Waals surface area contributed by atoms with E-state index in [9.17, 15) is 0 Å². The summed E-state index contributed by atoms with van der Waals surface area (Å²) in [6.07, 6.45) is 1.03. The lowest BCUT2D eigenvalue weighted by Gasteiger charge is -2.02. The van der Waals surface area contributed by atoms with Crippen molar-refractivity contribution in [2.45, 2.75) is 33.1 Å². The van der Waals surface area contributed by atoms with Crippen LogP contribution in [0.25, 0.3) is 0 Å². The number of likely N-dealkylation sites (N-methyl/N-ethyl adjacent to an activating group) is 1. The van der Waals surface area contributed by atoms with Gasteiger partial charge in [0.2, 0.25) is 0 Å². The SMILES string of the molecule is CNCCc1[nH]nc(C(C)C)c1C. The summed E-state index contributed by atoms with van der Waals surface area (Å²) in [5, 5.41) is 10.5. The molecule has 0 unspecified atom stereocenters. The summed E-state index contributed by atoms with van der Waals surface area (Å²) < 4.78 is 0. The van der Waals surface area contributed by atoms with Crippen molar-refractivity contribution in [2.75, 3.05) is 13.6 Å². The zero-order valence-corrected chi connectivity index (χ0v) is 8.94. The van der Waals surface area contributed by atoms with Gasteiger partial charge in [-0.1, -0.05) is 13.8 Å². The zero-order valence-electron chi connectivity index (χ0n) is 8.94. The average molecular weight is 181 g/mol. The largest absolute Gasteiger partial charge is 0.319 e. The fourth-order valence-corrected chi connectivity index (χ4v) is 1.51. The van der Waals surface area contributed by atoms with Crippen molar-refractivity contribution in [3.8, 4) is 0 Å². The van der Waals surface area contributed by atoms with Crippen LogP contribution in [0, 0.1) is 6.92 Å². The van der Waals surface area contributed by atoms with Gasteiger partial charge in [0.1, 0.15) is 0 Å². The van der Waals surface area contributed by atoms with Gasteiger partial charge in [-0.05, 0) is 25.5 Å². The summed E-state index contributed by atoms with van der Waals surface area (Å²) in [7, 11) is 1.97. The number of hydrogen-bond donors (Lipinski definition) is 2. The van der Waals surface area contributed by atoms with E-state index in [0.29, 0.717) is 5.92 Å². The van der Waals surface area contributed by atoms with Gasteiger partial charge in [0.25, 0.3) is 0 Å². The standard InChI is InChI=1S/C10H19N3/c1-7(2)10-8(3)9(12-13-10)5-6-11-4/h7,11H,5-6H2,1-4H3,(H,12,13). The van der Waals surface area contributed by atoms with E-state index in [1.54, 1.807) is 0 Å². The first kappa shape index (κ1) is 10.3. The number of nitrogens with zero attached hydrogens (tertiary/aromatic N) is 1. The van der Waals surface area contributed by atoms with Crippen LogP contribution in [0.1, 0.15) is 36.7 Å². The number of hydrogen-bond acceptors (Lipinski definition) is 2. The molecule has 3 heteroatoms. The quantitative estimate of drug-likeness (QED) is 0.740. The molecule has 0 saturated heterocycles. The molecule has 13 heavy (non-hydrogen) atoms. The number of H-pyrrole nitrogens is 1. The number of rotatable bonds is 4. The van der Waals surface area contributed by atoms with Crippen LogP contribution in [-0.4, -0.2) is 23.8 Å². The fraction of sp³-hybridized carbons (Fsp3) is 0.700. The van der Waals surface area contributed by atoms with E-state index in [1.807, 2.05) is 7.05 Å². The van der Waals surface area contributed by atoms with Crippen LogP contribution in [0.4, 0.5) is 0 Å². The van der Waals surface area contributed by atoms with Crippen LogP contribution in [0.2, 0.25) is 0 Å². The molecule has 0 bridgehead atoms. The van der Waals surface area contributed by atoms with Crippen LogP contribution in [0.3, 0.4) is 0 Å². The molecule has 0 fully saturated rings. The van der Waals surface area contributed by atoms with Crippen LogP contribution < -0.4 is 5.32 Å². The van der Waals surface area contributed by atoms with E-state index in [-0.39, 0.29) is 0 Å². The highest BCUT2D eigenvalue weighted by Crippen LogP contribution is 2.18. The molecule has 0 radical (unpaired) electrons. The van der Waals surface area contributed by atoms with E-state index < -0.39 is 0 Å². The van der Waals surface area contributed by atoms with Gasteiger partial charge in [-0.2, -0.15) is 5.10 Å². The predicted molar refractivity (Wildman–Crippen MR) is 55.0 cm³/mol. The average Bonchev–Trinajstić information content (AvgIpc) is 2.43. The third kappa shape index (κ3) is 2.31. The third-order valence-electron chi connectivity index (χ3n) is 2.32. The highest BCUT2D eigenvalue weighted by molar-refractivity contribution is 5.25. The molecule has 1 aromatic heterocycles. The fourth-order valence-electron chi connectivity index (χ4n) is 1.51. The molecule has 0 aliphatic rings. The topological polar surface area (TPSA) is 40.7 Å². The maximum Gasteiger partial charge on any atom is 0.0679 e. The Hall–Kier alpha value is -0.830. The summed E-state index contributed by atoms with van der Waals surface area (Å²) >= 11 is 0. The molecule has 0 atom stereocenters. The van der Waals surface area contributed by atoms with Gasteiger partial charge in [0.05, 0.1) is 5.69 Å². The summed E-state index contributed by atoms with van der Waals surface area (Å²) in [5.41, 5.74) is 3.79. The Morgan fingerprint density at radius 3 is 2.62 bits per heavy atom. The van der Waals surface area contributed by atoms with Crippen molar-refractivity contribution < 1.29 is 0 Å². The second-order valence-corrected chi connectivity index (χ2v) is 3.72. The van der Waals surface area contributed by atoms with Crippen LogP contribution in [0.5, 0.6) is 0 Å². The lowest BCUT2D eigenvalue weighted by molar-refractivity contribution is 0.768. The van der Waals surface area contributed by atoms with E-state index in [2.05, 4.69) is 36.3 Å². The van der Waals surface area contributed by atoms with Crippen molar-refractivity contribution in [1.82, 2.24) is 15.5 Å². The molecule has 74 valence electrons. The highest BCUT2D eigenvalue weighted by atomic mass is 15.1. The van der Waals surface area contributed by atoms with Gasteiger partial charge < -0.3 is 5.32 Å². The zero-order chi connectivity index (χ0) is 9.84. The van der Waals surface area contributed by atoms with Crippen molar-refractivity contribution in [2.24, 2.45) is 0 Å². The van der Waals surface area contributed by atoms with Gasteiger partial charge in [-0.15, -0.1) is 0 Å². The number of aromatic amines is 1. The Bertz CT molecular complexity index is 263. The van der Waals surface area contributed by atoms with E-state index >= 15 is 0 Å². The molecule has 0 spiro atoms. The minimum atomic E-state index is 0.514. The summed E-state index contributed by atoms with van der Waals surface area (Å²) in [6, 6.07) is 0. The maximum atomic E-state index is 4.32. The van der Waals surface area contributed by atoms with Gasteiger partial charge in [-0.25, -0.2) is 0 Å². The molecular formula is C10H19N3. The first-order chi connectivity index (χ1) is 6.16. The van der Waals surface area contributed by atoms with Gasteiger partial charge in [0.15, 0.2) is 0 Å². The second-order valence-electron chi connectivity index (χ2n) is 3.72. The molecular weight excluding hydrogens is 162 g/mol. The van der Waals surface area contributed by atoms with Crippen LogP contribution in [0.15, 0.2) is 0 Å². The third-order valence-corrected chi connectivity index (χ3v) is 2.32. The van der Waals surface area contributed by atoms with Crippen LogP contribution >= 0.6 is 0 Å². The molecule has 2 N–H and O–H groups in total. The molecule has 0 aromatic carbocycles. The van der Waals surface area contributed by atoms with E-state index in [4.69, 9.17) is 0 Å². The first-order valence-corrected chi connectivity index (χ1v) is 4.85. The normalized spacial score (nSPS) is 11.2. The molecule has 0 amide bonds. The van der Waals surface area contributed by atoms with Crippen molar-refractivity contribution in [3.63, 3.8) is 0 Å². The smallest absolute Gasteiger partial charge is 0.0679 e. The first-order valence-electron chi connectivity index (χ1n) is 4.85. The van der Waals surface area contributed by atoms with Gasteiger partial charge in [-0.3, -0.25) is 5.10 Å². The number of nitrogens with one attached hydrogen (secondary N) is 2. The predicted octanol–water partition coefficient (Wildman–Crippen LogP) is 1.60. The summed E-state index contributed by atoms with van der Waals surface area (Å²) in [4.78, 5) is 0. The summed E-state index contributed by atoms with van der Waals surface area (Å²) in [5.74, 6) is 0.514. The van der Waals surface area contributed by atoms with Crippen molar-refractivity contribution >= 4 is 0 Å². The Balaban J connectivity index is 2.74. The van der Waals surface area contributed by atoms with Crippen LogP contribution in [-0.2, 0) is 6.42 Å². The van der Waals surface area contributed by atoms with Crippen molar-refractivity contribution in [3.05, 3.63) is 17.0 Å². The molecule has 1 heterocycles. The Kier molecular flexibility index (Phi) is 3.48. The maximum absolute atomic E-state index is 4.32. The molecule has 0 aliphatic carbocycles. The lowest BCUT2D eigenvalue weighted by Crippen LogP contribution is -2.11. The second kappa shape index (κ2) is 4.42.